The molecule has 2 N–H and O–H groups in total. The van der Waals surface area contributed by atoms with Crippen molar-refractivity contribution in [3.63, 3.8) is 0 Å². The maximum Gasteiger partial charge on any atom is 0.244 e. The molecule has 1 aromatic heterocycles. The molecule has 1 rings (SSSR count). The molecule has 0 aliphatic heterocycles. The molecule has 1 amide bonds. The Kier molecular flexibility index (Phi) is 7.96. The molecule has 0 spiro atoms. The number of rotatable bonds is 8. The normalized spacial score (nSPS) is 11.0. The largest absolute Gasteiger partial charge is 0.396 e. The minimum Gasteiger partial charge on any atom is -0.396 e. The highest BCUT2D eigenvalue weighted by Gasteiger charge is 1.96. The topological polar surface area (TPSA) is 49.3 Å². The Morgan fingerprint density at radius 2 is 2.11 bits per heavy atom. The summed E-state index contributed by atoms with van der Waals surface area (Å²) in [6, 6.07) is 3.93. The minimum absolute atomic E-state index is 0.0540. The second kappa shape index (κ2) is 9.30. The summed E-state index contributed by atoms with van der Waals surface area (Å²) < 4.78 is 1.06. The van der Waals surface area contributed by atoms with Gasteiger partial charge in [0, 0.05) is 24.1 Å². The summed E-state index contributed by atoms with van der Waals surface area (Å²) in [4.78, 5) is 12.5. The van der Waals surface area contributed by atoms with Crippen LogP contribution in [0, 0.1) is 0 Å². The summed E-state index contributed by atoms with van der Waals surface area (Å²) in [5, 5.41) is 11.5. The molecule has 18 heavy (non-hydrogen) atoms. The lowest BCUT2D eigenvalue weighted by molar-refractivity contribution is -0.116. The van der Waals surface area contributed by atoms with Crippen molar-refractivity contribution in [1.82, 2.24) is 5.32 Å². The zero-order chi connectivity index (χ0) is 13.2. The molecule has 0 aliphatic carbocycles. The summed E-state index contributed by atoms with van der Waals surface area (Å²) in [6.07, 6.45) is 7.25. The number of thiophene rings is 1. The van der Waals surface area contributed by atoms with Crippen LogP contribution in [0.15, 0.2) is 22.0 Å². The van der Waals surface area contributed by atoms with E-state index in [0.717, 1.165) is 34.3 Å². The number of halogens is 1. The molecule has 0 bridgehead atoms. The number of nitrogens with one attached hydrogen (secondary N) is 1. The standard InChI is InChI=1S/C13H18BrNO2S/c14-12-7-5-11(18-12)6-8-13(17)15-9-3-1-2-4-10-16/h5-8,16H,1-4,9-10H2,(H,15,17)/b8-6+. The summed E-state index contributed by atoms with van der Waals surface area (Å²) in [7, 11) is 0. The highest BCUT2D eigenvalue weighted by molar-refractivity contribution is 9.11. The average molecular weight is 332 g/mol. The van der Waals surface area contributed by atoms with Gasteiger partial charge in [0.15, 0.2) is 0 Å². The Bertz CT molecular complexity index is 390. The quantitative estimate of drug-likeness (QED) is 0.567. The molecule has 1 aromatic rings. The zero-order valence-corrected chi connectivity index (χ0v) is 12.6. The second-order valence-corrected chi connectivity index (χ2v) is 6.40. The van der Waals surface area contributed by atoms with Gasteiger partial charge >= 0.3 is 0 Å². The first-order valence-electron chi connectivity index (χ1n) is 6.04. The van der Waals surface area contributed by atoms with Gasteiger partial charge in [-0.2, -0.15) is 0 Å². The molecule has 0 radical (unpaired) electrons. The van der Waals surface area contributed by atoms with Crippen LogP contribution in [0.2, 0.25) is 0 Å². The van der Waals surface area contributed by atoms with Gasteiger partial charge in [0.2, 0.25) is 5.91 Å². The van der Waals surface area contributed by atoms with E-state index >= 15 is 0 Å². The number of carbonyl (C=O) groups is 1. The van der Waals surface area contributed by atoms with E-state index < -0.39 is 0 Å². The highest BCUT2D eigenvalue weighted by Crippen LogP contribution is 2.22. The lowest BCUT2D eigenvalue weighted by Gasteiger charge is -2.01. The fourth-order valence-corrected chi connectivity index (χ4v) is 2.76. The van der Waals surface area contributed by atoms with Crippen molar-refractivity contribution in [3.8, 4) is 0 Å². The number of aliphatic hydroxyl groups excluding tert-OH is 1. The monoisotopic (exact) mass is 331 g/mol. The van der Waals surface area contributed by atoms with Gasteiger partial charge in [-0.1, -0.05) is 12.8 Å². The molecule has 0 aromatic carbocycles. The van der Waals surface area contributed by atoms with Gasteiger partial charge < -0.3 is 10.4 Å². The lowest BCUT2D eigenvalue weighted by Crippen LogP contribution is -2.21. The van der Waals surface area contributed by atoms with Crippen LogP contribution in [-0.4, -0.2) is 24.2 Å². The first-order chi connectivity index (χ1) is 8.72. The molecule has 0 atom stereocenters. The van der Waals surface area contributed by atoms with Crippen molar-refractivity contribution in [2.45, 2.75) is 25.7 Å². The van der Waals surface area contributed by atoms with Crippen molar-refractivity contribution in [2.75, 3.05) is 13.2 Å². The predicted octanol–water partition coefficient (Wildman–Crippen LogP) is 3.19. The number of hydrogen-bond donors (Lipinski definition) is 2. The molecule has 1 heterocycles. The molecular weight excluding hydrogens is 314 g/mol. The maximum atomic E-state index is 11.5. The smallest absolute Gasteiger partial charge is 0.244 e. The van der Waals surface area contributed by atoms with E-state index in [9.17, 15) is 4.79 Å². The Hall–Kier alpha value is -0.650. The first-order valence-corrected chi connectivity index (χ1v) is 7.65. The van der Waals surface area contributed by atoms with E-state index in [1.807, 2.05) is 18.2 Å². The second-order valence-electron chi connectivity index (χ2n) is 3.90. The number of hydrogen-bond acceptors (Lipinski definition) is 3. The molecule has 0 saturated heterocycles. The zero-order valence-electron chi connectivity index (χ0n) is 10.2. The molecule has 3 nitrogen and oxygen atoms in total. The van der Waals surface area contributed by atoms with E-state index in [-0.39, 0.29) is 12.5 Å². The van der Waals surface area contributed by atoms with E-state index in [2.05, 4.69) is 21.2 Å². The van der Waals surface area contributed by atoms with Crippen LogP contribution in [0.1, 0.15) is 30.6 Å². The first kappa shape index (κ1) is 15.4. The summed E-state index contributed by atoms with van der Waals surface area (Å²) in [6.45, 7) is 0.953. The Morgan fingerprint density at radius 3 is 2.78 bits per heavy atom. The van der Waals surface area contributed by atoms with Gasteiger partial charge in [0.05, 0.1) is 3.79 Å². The minimum atomic E-state index is -0.0540. The fourth-order valence-electron chi connectivity index (χ4n) is 1.44. The number of carbonyl (C=O) groups excluding carboxylic acids is 1. The van der Waals surface area contributed by atoms with Crippen molar-refractivity contribution in [3.05, 3.63) is 26.9 Å². The van der Waals surface area contributed by atoms with Gasteiger partial charge in [-0.3, -0.25) is 4.79 Å². The van der Waals surface area contributed by atoms with Gasteiger partial charge in [-0.25, -0.2) is 0 Å². The van der Waals surface area contributed by atoms with Gasteiger partial charge in [0.1, 0.15) is 0 Å². The highest BCUT2D eigenvalue weighted by atomic mass is 79.9. The van der Waals surface area contributed by atoms with Crippen LogP contribution in [0.25, 0.3) is 6.08 Å². The van der Waals surface area contributed by atoms with E-state index in [0.29, 0.717) is 6.54 Å². The average Bonchev–Trinajstić information content (AvgIpc) is 2.77. The molecular formula is C13H18BrNO2S. The number of aliphatic hydroxyl groups is 1. The Morgan fingerprint density at radius 1 is 1.33 bits per heavy atom. The van der Waals surface area contributed by atoms with E-state index in [1.54, 1.807) is 17.4 Å². The van der Waals surface area contributed by atoms with Crippen molar-refractivity contribution >= 4 is 39.2 Å². The number of unbranched alkanes of at least 4 members (excludes halogenated alkanes) is 3. The van der Waals surface area contributed by atoms with Crippen LogP contribution < -0.4 is 5.32 Å². The molecule has 0 saturated carbocycles. The van der Waals surface area contributed by atoms with E-state index in [4.69, 9.17) is 5.11 Å². The fraction of sp³-hybridized carbons (Fsp3) is 0.462. The molecule has 100 valence electrons. The van der Waals surface area contributed by atoms with Crippen LogP contribution in [0.4, 0.5) is 0 Å². The van der Waals surface area contributed by atoms with Crippen molar-refractivity contribution in [2.24, 2.45) is 0 Å². The maximum absolute atomic E-state index is 11.5. The van der Waals surface area contributed by atoms with Gasteiger partial charge in [-0.05, 0) is 47.0 Å². The third-order valence-electron chi connectivity index (χ3n) is 2.38. The summed E-state index contributed by atoms with van der Waals surface area (Å²) >= 11 is 4.97. The molecule has 0 fully saturated rings. The molecule has 5 heteroatoms. The van der Waals surface area contributed by atoms with Crippen LogP contribution in [0.5, 0.6) is 0 Å². The Labute approximate surface area is 120 Å². The third-order valence-corrected chi connectivity index (χ3v) is 3.97. The summed E-state index contributed by atoms with van der Waals surface area (Å²) in [5.74, 6) is -0.0540. The van der Waals surface area contributed by atoms with Crippen LogP contribution in [-0.2, 0) is 4.79 Å². The van der Waals surface area contributed by atoms with E-state index in [1.165, 1.54) is 0 Å². The third kappa shape index (κ3) is 6.93. The molecule has 0 unspecified atom stereocenters. The van der Waals surface area contributed by atoms with Crippen LogP contribution in [0.3, 0.4) is 0 Å². The summed E-state index contributed by atoms with van der Waals surface area (Å²) in [5.41, 5.74) is 0. The molecule has 0 aliphatic rings. The van der Waals surface area contributed by atoms with Gasteiger partial charge in [-0.15, -0.1) is 11.3 Å². The van der Waals surface area contributed by atoms with Crippen molar-refractivity contribution < 1.29 is 9.90 Å². The Balaban J connectivity index is 2.12. The van der Waals surface area contributed by atoms with Crippen LogP contribution >= 0.6 is 27.3 Å². The SMILES string of the molecule is O=C(/C=C/c1ccc(Br)s1)NCCCCCCO. The predicted molar refractivity (Wildman–Crippen MR) is 79.6 cm³/mol. The van der Waals surface area contributed by atoms with Crippen molar-refractivity contribution in [1.29, 1.82) is 0 Å². The lowest BCUT2D eigenvalue weighted by atomic mass is 10.2. The number of amides is 1. The van der Waals surface area contributed by atoms with Gasteiger partial charge in [0.25, 0.3) is 0 Å².